The largest absolute Gasteiger partial charge is 0.476 e. The summed E-state index contributed by atoms with van der Waals surface area (Å²) in [5.74, 6) is 0.261. The van der Waals surface area contributed by atoms with E-state index < -0.39 is 10.0 Å². The second-order valence-electron chi connectivity index (χ2n) is 5.43. The van der Waals surface area contributed by atoms with Gasteiger partial charge in [-0.2, -0.15) is 0 Å². The monoisotopic (exact) mass is 413 g/mol. The lowest BCUT2D eigenvalue weighted by Gasteiger charge is -2.14. The van der Waals surface area contributed by atoms with E-state index in [1.165, 1.54) is 12.1 Å². The highest BCUT2D eigenvalue weighted by Gasteiger charge is 2.17. The first-order valence-electron chi connectivity index (χ1n) is 7.39. The standard InChI is InChI=1S/C16H20BrN3O3S/c1-20(2)9-6-10-23-16-15(11-13(17)12-18-16)19-24(21,22)14-7-4-3-5-8-14/h3-5,7-8,11-12,19H,6,9-10H2,1-2H3. The average molecular weight is 414 g/mol. The Bertz CT molecular complexity index is 767. The van der Waals surface area contributed by atoms with Crippen molar-refractivity contribution in [3.63, 3.8) is 0 Å². The van der Waals surface area contributed by atoms with Crippen molar-refractivity contribution in [3.8, 4) is 5.88 Å². The van der Waals surface area contributed by atoms with Crippen molar-refractivity contribution in [3.05, 3.63) is 47.1 Å². The van der Waals surface area contributed by atoms with E-state index in [0.717, 1.165) is 13.0 Å². The molecule has 0 aliphatic carbocycles. The minimum atomic E-state index is -3.70. The number of anilines is 1. The highest BCUT2D eigenvalue weighted by atomic mass is 79.9. The topological polar surface area (TPSA) is 71.5 Å². The van der Waals surface area contributed by atoms with E-state index in [0.29, 0.717) is 16.8 Å². The zero-order valence-electron chi connectivity index (χ0n) is 13.6. The molecule has 1 aromatic heterocycles. The summed E-state index contributed by atoms with van der Waals surface area (Å²) in [4.78, 5) is 6.40. The summed E-state index contributed by atoms with van der Waals surface area (Å²) in [6, 6.07) is 9.81. The molecule has 130 valence electrons. The summed E-state index contributed by atoms with van der Waals surface area (Å²) >= 11 is 3.30. The third kappa shape index (κ3) is 5.47. The Kier molecular flexibility index (Phi) is 6.59. The van der Waals surface area contributed by atoms with Gasteiger partial charge in [0, 0.05) is 17.2 Å². The van der Waals surface area contributed by atoms with Crippen LogP contribution in [0.4, 0.5) is 5.69 Å². The molecule has 0 unspecified atom stereocenters. The Morgan fingerprint density at radius 1 is 1.25 bits per heavy atom. The molecule has 0 bridgehead atoms. The molecule has 8 heteroatoms. The number of halogens is 1. The van der Waals surface area contributed by atoms with Crippen LogP contribution in [0.5, 0.6) is 5.88 Å². The quantitative estimate of drug-likeness (QED) is 0.673. The van der Waals surface area contributed by atoms with E-state index in [2.05, 4.69) is 30.5 Å². The molecule has 0 spiro atoms. The van der Waals surface area contributed by atoms with Crippen molar-refractivity contribution in [1.82, 2.24) is 9.88 Å². The zero-order chi connectivity index (χ0) is 17.6. The van der Waals surface area contributed by atoms with Crippen molar-refractivity contribution in [2.24, 2.45) is 0 Å². The van der Waals surface area contributed by atoms with Gasteiger partial charge in [-0.25, -0.2) is 13.4 Å². The van der Waals surface area contributed by atoms with Gasteiger partial charge in [-0.1, -0.05) is 18.2 Å². The molecule has 1 aromatic carbocycles. The van der Waals surface area contributed by atoms with Gasteiger partial charge in [-0.05, 0) is 54.6 Å². The number of pyridine rings is 1. The molecule has 0 saturated heterocycles. The molecule has 0 aliphatic heterocycles. The molecule has 0 fully saturated rings. The van der Waals surface area contributed by atoms with Crippen LogP contribution in [0, 0.1) is 0 Å². The average Bonchev–Trinajstić information content (AvgIpc) is 2.53. The van der Waals surface area contributed by atoms with Crippen molar-refractivity contribution >= 4 is 31.6 Å². The van der Waals surface area contributed by atoms with Gasteiger partial charge in [-0.3, -0.25) is 4.72 Å². The molecule has 0 saturated carbocycles. The van der Waals surface area contributed by atoms with Crippen LogP contribution in [-0.4, -0.2) is 45.5 Å². The molecule has 1 N–H and O–H groups in total. The van der Waals surface area contributed by atoms with E-state index in [9.17, 15) is 8.42 Å². The Morgan fingerprint density at radius 3 is 2.62 bits per heavy atom. The minimum Gasteiger partial charge on any atom is -0.476 e. The van der Waals surface area contributed by atoms with Gasteiger partial charge in [0.15, 0.2) is 0 Å². The Balaban J connectivity index is 2.15. The highest BCUT2D eigenvalue weighted by Crippen LogP contribution is 2.28. The van der Waals surface area contributed by atoms with Gasteiger partial charge in [0.25, 0.3) is 10.0 Å². The molecular weight excluding hydrogens is 394 g/mol. The molecule has 0 amide bonds. The first-order valence-corrected chi connectivity index (χ1v) is 9.67. The lowest BCUT2D eigenvalue weighted by molar-refractivity contribution is 0.274. The SMILES string of the molecule is CN(C)CCCOc1ncc(Br)cc1NS(=O)(=O)c1ccccc1. The number of benzene rings is 1. The summed E-state index contributed by atoms with van der Waals surface area (Å²) in [7, 11) is 0.271. The first kappa shape index (κ1) is 18.7. The summed E-state index contributed by atoms with van der Waals surface area (Å²) in [6.07, 6.45) is 2.39. The first-order chi connectivity index (χ1) is 11.4. The second kappa shape index (κ2) is 8.46. The third-order valence-corrected chi connectivity index (χ3v) is 4.92. The predicted molar refractivity (Wildman–Crippen MR) is 97.9 cm³/mol. The summed E-state index contributed by atoms with van der Waals surface area (Å²) in [5, 5.41) is 0. The molecule has 0 radical (unpaired) electrons. The number of nitrogens with one attached hydrogen (secondary N) is 1. The van der Waals surface area contributed by atoms with Crippen molar-refractivity contribution in [2.75, 3.05) is 32.0 Å². The van der Waals surface area contributed by atoms with E-state index in [1.807, 2.05) is 14.1 Å². The van der Waals surface area contributed by atoms with Crippen LogP contribution in [0.1, 0.15) is 6.42 Å². The van der Waals surface area contributed by atoms with Gasteiger partial charge >= 0.3 is 0 Å². The third-order valence-electron chi connectivity index (χ3n) is 3.10. The van der Waals surface area contributed by atoms with Gasteiger partial charge in [-0.15, -0.1) is 0 Å². The zero-order valence-corrected chi connectivity index (χ0v) is 16.0. The van der Waals surface area contributed by atoms with Crippen LogP contribution in [0.3, 0.4) is 0 Å². The highest BCUT2D eigenvalue weighted by molar-refractivity contribution is 9.10. The van der Waals surface area contributed by atoms with Gasteiger partial charge in [0.05, 0.1) is 11.5 Å². The fourth-order valence-corrected chi connectivity index (χ4v) is 3.37. The van der Waals surface area contributed by atoms with Crippen LogP contribution in [-0.2, 0) is 10.0 Å². The minimum absolute atomic E-state index is 0.184. The predicted octanol–water partition coefficient (Wildman–Crippen LogP) is 2.98. The Morgan fingerprint density at radius 2 is 1.96 bits per heavy atom. The molecule has 2 aromatic rings. The van der Waals surface area contributed by atoms with Crippen molar-refractivity contribution in [1.29, 1.82) is 0 Å². The fraction of sp³-hybridized carbons (Fsp3) is 0.312. The summed E-state index contributed by atoms with van der Waals surface area (Å²) < 4.78 is 33.8. The van der Waals surface area contributed by atoms with Crippen LogP contribution in [0.25, 0.3) is 0 Å². The van der Waals surface area contributed by atoms with E-state index in [4.69, 9.17) is 4.74 Å². The van der Waals surface area contributed by atoms with Gasteiger partial charge in [0.2, 0.25) is 5.88 Å². The number of hydrogen-bond acceptors (Lipinski definition) is 5. The van der Waals surface area contributed by atoms with E-state index in [-0.39, 0.29) is 10.8 Å². The number of hydrogen-bond donors (Lipinski definition) is 1. The lowest BCUT2D eigenvalue weighted by atomic mass is 10.4. The van der Waals surface area contributed by atoms with Crippen molar-refractivity contribution < 1.29 is 13.2 Å². The normalized spacial score (nSPS) is 11.5. The molecular formula is C16H20BrN3O3S. The molecule has 1 heterocycles. The van der Waals surface area contributed by atoms with Crippen LogP contribution < -0.4 is 9.46 Å². The molecule has 0 aliphatic rings. The van der Waals surface area contributed by atoms with Gasteiger partial charge in [0.1, 0.15) is 5.69 Å². The Labute approximate surface area is 151 Å². The maximum absolute atomic E-state index is 12.5. The number of ether oxygens (including phenoxy) is 1. The molecule has 6 nitrogen and oxygen atoms in total. The maximum atomic E-state index is 12.5. The maximum Gasteiger partial charge on any atom is 0.262 e. The number of aromatic nitrogens is 1. The number of nitrogens with zero attached hydrogens (tertiary/aromatic N) is 2. The van der Waals surface area contributed by atoms with Gasteiger partial charge < -0.3 is 9.64 Å². The molecule has 2 rings (SSSR count). The smallest absolute Gasteiger partial charge is 0.262 e. The van der Waals surface area contributed by atoms with Crippen LogP contribution in [0.2, 0.25) is 0 Å². The lowest BCUT2D eigenvalue weighted by Crippen LogP contribution is -2.17. The number of rotatable bonds is 8. The molecule has 24 heavy (non-hydrogen) atoms. The van der Waals surface area contributed by atoms with Crippen LogP contribution >= 0.6 is 15.9 Å². The second-order valence-corrected chi connectivity index (χ2v) is 8.03. The number of sulfonamides is 1. The Hall–Kier alpha value is -1.64. The molecule has 0 atom stereocenters. The fourth-order valence-electron chi connectivity index (χ4n) is 1.97. The summed E-state index contributed by atoms with van der Waals surface area (Å²) in [6.45, 7) is 1.33. The van der Waals surface area contributed by atoms with E-state index >= 15 is 0 Å². The summed E-state index contributed by atoms with van der Waals surface area (Å²) in [5.41, 5.74) is 0.304. The van der Waals surface area contributed by atoms with Crippen LogP contribution in [0.15, 0.2) is 52.0 Å². The van der Waals surface area contributed by atoms with E-state index in [1.54, 1.807) is 30.5 Å². The van der Waals surface area contributed by atoms with Crippen molar-refractivity contribution in [2.45, 2.75) is 11.3 Å².